The Labute approximate surface area is 197 Å². The Morgan fingerprint density at radius 2 is 1.58 bits per heavy atom. The minimum atomic E-state index is -0.238. The second-order valence-electron chi connectivity index (χ2n) is 10.3. The molecule has 0 aromatic heterocycles. The van der Waals surface area contributed by atoms with Crippen molar-refractivity contribution in [3.05, 3.63) is 35.9 Å². The summed E-state index contributed by atoms with van der Waals surface area (Å²) in [4.78, 5) is 46.2. The first-order valence-electron chi connectivity index (χ1n) is 12.5. The minimum absolute atomic E-state index is 0.0819. The van der Waals surface area contributed by atoms with E-state index in [1.54, 1.807) is 0 Å². The van der Waals surface area contributed by atoms with Crippen molar-refractivity contribution < 1.29 is 14.4 Å². The van der Waals surface area contributed by atoms with Gasteiger partial charge in [0.05, 0.1) is 12.5 Å². The third kappa shape index (κ3) is 6.14. The van der Waals surface area contributed by atoms with Crippen molar-refractivity contribution in [2.45, 2.75) is 33.1 Å². The number of amides is 3. The molecule has 3 heterocycles. The van der Waals surface area contributed by atoms with Crippen LogP contribution in [-0.2, 0) is 20.8 Å². The second kappa shape index (κ2) is 10.7. The highest BCUT2D eigenvalue weighted by molar-refractivity contribution is 5.89. The zero-order valence-electron chi connectivity index (χ0n) is 20.1. The fourth-order valence-corrected chi connectivity index (χ4v) is 5.60. The third-order valence-electron chi connectivity index (χ3n) is 7.34. The number of hydrogen-bond acceptors (Lipinski definition) is 4. The third-order valence-corrected chi connectivity index (χ3v) is 7.34. The van der Waals surface area contributed by atoms with Gasteiger partial charge in [0.15, 0.2) is 0 Å². The van der Waals surface area contributed by atoms with E-state index < -0.39 is 0 Å². The number of hydrogen-bond donors (Lipinski definition) is 0. The van der Waals surface area contributed by atoms with Crippen LogP contribution in [0.5, 0.6) is 0 Å². The topological polar surface area (TPSA) is 64.2 Å². The molecule has 0 bridgehead atoms. The molecule has 3 atom stereocenters. The molecule has 4 rings (SSSR count). The molecular formula is C26H38N4O3. The molecule has 1 aromatic rings. The van der Waals surface area contributed by atoms with Gasteiger partial charge in [-0.3, -0.25) is 19.3 Å². The van der Waals surface area contributed by atoms with Crippen LogP contribution in [0.15, 0.2) is 30.3 Å². The summed E-state index contributed by atoms with van der Waals surface area (Å²) < 4.78 is 0. The summed E-state index contributed by atoms with van der Waals surface area (Å²) in [6, 6.07) is 10.1. The Morgan fingerprint density at radius 1 is 0.909 bits per heavy atom. The summed E-state index contributed by atoms with van der Waals surface area (Å²) in [6.07, 6.45) is 2.32. The lowest BCUT2D eigenvalue weighted by atomic mass is 9.92. The fourth-order valence-electron chi connectivity index (χ4n) is 5.60. The van der Waals surface area contributed by atoms with Gasteiger partial charge in [-0.1, -0.05) is 44.2 Å². The Balaban J connectivity index is 1.20. The molecule has 3 fully saturated rings. The number of nitrogens with zero attached hydrogens (tertiary/aromatic N) is 4. The van der Waals surface area contributed by atoms with Crippen LogP contribution in [0.3, 0.4) is 0 Å². The summed E-state index contributed by atoms with van der Waals surface area (Å²) in [7, 11) is 0. The molecule has 0 aliphatic carbocycles. The number of benzene rings is 1. The molecule has 33 heavy (non-hydrogen) atoms. The van der Waals surface area contributed by atoms with Gasteiger partial charge in [0.1, 0.15) is 0 Å². The summed E-state index contributed by atoms with van der Waals surface area (Å²) >= 11 is 0. The molecule has 180 valence electrons. The lowest BCUT2D eigenvalue weighted by Crippen LogP contribution is -2.54. The second-order valence-corrected chi connectivity index (χ2v) is 10.3. The average molecular weight is 455 g/mol. The predicted octanol–water partition coefficient (Wildman–Crippen LogP) is 1.73. The van der Waals surface area contributed by atoms with E-state index >= 15 is 0 Å². The van der Waals surface area contributed by atoms with Crippen molar-refractivity contribution in [1.82, 2.24) is 19.6 Å². The maximum Gasteiger partial charge on any atom is 0.236 e. The number of rotatable bonds is 6. The van der Waals surface area contributed by atoms with Crippen LogP contribution >= 0.6 is 0 Å². The summed E-state index contributed by atoms with van der Waals surface area (Å²) in [5, 5.41) is 0. The smallest absolute Gasteiger partial charge is 0.236 e. The van der Waals surface area contributed by atoms with Gasteiger partial charge in [0.25, 0.3) is 0 Å². The highest BCUT2D eigenvalue weighted by Crippen LogP contribution is 2.23. The van der Waals surface area contributed by atoms with Crippen LogP contribution in [0, 0.1) is 17.8 Å². The van der Waals surface area contributed by atoms with E-state index in [0.29, 0.717) is 51.0 Å². The van der Waals surface area contributed by atoms with E-state index in [-0.39, 0.29) is 23.6 Å². The Bertz CT molecular complexity index is 827. The van der Waals surface area contributed by atoms with Gasteiger partial charge >= 0.3 is 0 Å². The molecule has 0 saturated carbocycles. The molecule has 1 aromatic carbocycles. The number of carbonyl (C=O) groups excluding carboxylic acids is 3. The number of likely N-dealkylation sites (tertiary alicyclic amines) is 2. The predicted molar refractivity (Wildman–Crippen MR) is 127 cm³/mol. The number of carbonyl (C=O) groups is 3. The molecule has 7 nitrogen and oxygen atoms in total. The quantitative estimate of drug-likeness (QED) is 0.657. The van der Waals surface area contributed by atoms with E-state index in [2.05, 4.69) is 30.9 Å². The Morgan fingerprint density at radius 3 is 2.24 bits per heavy atom. The lowest BCUT2D eigenvalue weighted by Gasteiger charge is -2.38. The molecule has 0 N–H and O–H groups in total. The molecule has 0 spiro atoms. The first kappa shape index (κ1) is 23.7. The SMILES string of the molecule is CC1CC(C)CN(C(=O)CN2CCN(C(=O)C3CC(=O)N(CCc4ccccc4)C3)CC2)C1. The van der Waals surface area contributed by atoms with Crippen LogP contribution in [0.2, 0.25) is 0 Å². The molecule has 3 amide bonds. The molecule has 7 heteroatoms. The minimum Gasteiger partial charge on any atom is -0.342 e. The van der Waals surface area contributed by atoms with Crippen LogP contribution in [0.4, 0.5) is 0 Å². The molecule has 3 aliphatic rings. The molecule has 0 radical (unpaired) electrons. The highest BCUT2D eigenvalue weighted by Gasteiger charge is 2.37. The molecule has 3 unspecified atom stereocenters. The van der Waals surface area contributed by atoms with Crippen LogP contribution in [0.25, 0.3) is 0 Å². The standard InChI is InChI=1S/C26H38N4O3/c1-20-14-21(2)17-30(16-20)25(32)19-27-10-12-28(13-11-27)26(33)23-15-24(31)29(18-23)9-8-22-6-4-3-5-7-22/h3-7,20-21,23H,8-19H2,1-2H3. The maximum absolute atomic E-state index is 13.1. The van der Waals surface area contributed by atoms with Gasteiger partial charge in [0, 0.05) is 58.8 Å². The maximum atomic E-state index is 13.1. The van der Waals surface area contributed by atoms with Crippen molar-refractivity contribution in [2.24, 2.45) is 17.8 Å². The van der Waals surface area contributed by atoms with Gasteiger partial charge in [-0.05, 0) is 30.2 Å². The molecule has 3 aliphatic heterocycles. The summed E-state index contributed by atoms with van der Waals surface area (Å²) in [5.41, 5.74) is 1.21. The summed E-state index contributed by atoms with van der Waals surface area (Å²) in [6.45, 7) is 10.5. The molecule has 3 saturated heterocycles. The Kier molecular flexibility index (Phi) is 7.68. The van der Waals surface area contributed by atoms with E-state index in [1.165, 1.54) is 12.0 Å². The van der Waals surface area contributed by atoms with Crippen molar-refractivity contribution in [2.75, 3.05) is 58.9 Å². The van der Waals surface area contributed by atoms with E-state index in [9.17, 15) is 14.4 Å². The van der Waals surface area contributed by atoms with Crippen molar-refractivity contribution >= 4 is 17.7 Å². The van der Waals surface area contributed by atoms with Gasteiger partial charge in [0.2, 0.25) is 17.7 Å². The number of piperidine rings is 1. The Hall–Kier alpha value is -2.41. The first-order valence-corrected chi connectivity index (χ1v) is 12.5. The van der Waals surface area contributed by atoms with Gasteiger partial charge in [-0.2, -0.15) is 0 Å². The lowest BCUT2D eigenvalue weighted by molar-refractivity contribution is -0.139. The molecular weight excluding hydrogens is 416 g/mol. The first-order chi connectivity index (χ1) is 15.9. The fraction of sp³-hybridized carbons (Fsp3) is 0.654. The van der Waals surface area contributed by atoms with Crippen molar-refractivity contribution in [3.63, 3.8) is 0 Å². The van der Waals surface area contributed by atoms with Crippen molar-refractivity contribution in [3.8, 4) is 0 Å². The van der Waals surface area contributed by atoms with Gasteiger partial charge in [-0.15, -0.1) is 0 Å². The van der Waals surface area contributed by atoms with Crippen LogP contribution in [-0.4, -0.2) is 96.2 Å². The average Bonchev–Trinajstić information content (AvgIpc) is 3.18. The highest BCUT2D eigenvalue weighted by atomic mass is 16.2. The largest absolute Gasteiger partial charge is 0.342 e. The monoisotopic (exact) mass is 454 g/mol. The zero-order chi connectivity index (χ0) is 23.4. The number of piperazine rings is 1. The summed E-state index contributed by atoms with van der Waals surface area (Å²) in [5.74, 6) is 1.28. The zero-order valence-corrected chi connectivity index (χ0v) is 20.1. The van der Waals surface area contributed by atoms with E-state index in [1.807, 2.05) is 32.9 Å². The van der Waals surface area contributed by atoms with Crippen LogP contribution in [0.1, 0.15) is 32.3 Å². The normalized spacial score (nSPS) is 26.7. The van der Waals surface area contributed by atoms with E-state index in [4.69, 9.17) is 0 Å². The van der Waals surface area contributed by atoms with E-state index in [0.717, 1.165) is 32.6 Å². The van der Waals surface area contributed by atoms with Gasteiger partial charge in [-0.25, -0.2) is 0 Å². The van der Waals surface area contributed by atoms with Crippen LogP contribution < -0.4 is 0 Å². The van der Waals surface area contributed by atoms with Crippen molar-refractivity contribution in [1.29, 1.82) is 0 Å². The van der Waals surface area contributed by atoms with Gasteiger partial charge < -0.3 is 14.7 Å².